The number of benzene rings is 2. The van der Waals surface area contributed by atoms with Crippen molar-refractivity contribution in [2.75, 3.05) is 11.9 Å². The number of carbonyl (C=O) groups is 4. The second-order valence-corrected chi connectivity index (χ2v) is 11.5. The number of fused-ring (bicyclic) bond motifs is 2. The Bertz CT molecular complexity index is 1420. The second kappa shape index (κ2) is 12.1. The molecule has 15 heteroatoms. The molecule has 42 heavy (non-hydrogen) atoms. The van der Waals surface area contributed by atoms with Crippen molar-refractivity contribution in [3.63, 3.8) is 0 Å². The molecule has 4 rings (SSSR count). The lowest BCUT2D eigenvalue weighted by molar-refractivity contribution is -0.192. The number of rotatable bonds is 6. The predicted molar refractivity (Wildman–Crippen MR) is 143 cm³/mol. The molecule has 1 spiro atoms. The molecular weight excluding hydrogens is 611 g/mol. The van der Waals surface area contributed by atoms with Crippen molar-refractivity contribution in [2.45, 2.75) is 56.8 Å². The Morgan fingerprint density at radius 3 is 2.26 bits per heavy atom. The van der Waals surface area contributed by atoms with Crippen LogP contribution in [0, 0.1) is 11.2 Å². The van der Waals surface area contributed by atoms with Gasteiger partial charge in [0.05, 0.1) is 11.6 Å². The van der Waals surface area contributed by atoms with Gasteiger partial charge < -0.3 is 20.3 Å². The lowest BCUT2D eigenvalue weighted by Crippen LogP contribution is -2.50. The highest BCUT2D eigenvalue weighted by molar-refractivity contribution is 6.31. The largest absolute Gasteiger partial charge is 0.490 e. The molecule has 2 aliphatic heterocycles. The molecule has 2 aromatic carbocycles. The molecule has 0 aromatic heterocycles. The van der Waals surface area contributed by atoms with Gasteiger partial charge in [0.1, 0.15) is 17.3 Å². The van der Waals surface area contributed by atoms with Crippen LogP contribution in [0.2, 0.25) is 10.0 Å². The quantitative estimate of drug-likeness (QED) is 0.252. The summed E-state index contributed by atoms with van der Waals surface area (Å²) in [6, 6.07) is 7.17. The maximum atomic E-state index is 15.4. The zero-order valence-corrected chi connectivity index (χ0v) is 23.8. The number of esters is 1. The van der Waals surface area contributed by atoms with E-state index in [1.54, 1.807) is 18.2 Å². The molecule has 0 bridgehead atoms. The number of carbonyl (C=O) groups excluding carboxylic acids is 2. The third-order valence-corrected chi connectivity index (χ3v) is 7.58. The molecule has 2 aromatic rings. The van der Waals surface area contributed by atoms with Gasteiger partial charge in [0.15, 0.2) is 0 Å². The van der Waals surface area contributed by atoms with E-state index in [1.807, 2.05) is 13.8 Å². The van der Waals surface area contributed by atoms with E-state index in [9.17, 15) is 32.7 Å². The molecule has 1 saturated heterocycles. The van der Waals surface area contributed by atoms with Crippen molar-refractivity contribution in [1.82, 2.24) is 5.32 Å². The molecule has 0 saturated carbocycles. The van der Waals surface area contributed by atoms with E-state index < -0.39 is 64.6 Å². The number of carboxylic acid groups (broad SMARTS) is 2. The van der Waals surface area contributed by atoms with Crippen LogP contribution in [-0.4, -0.2) is 58.9 Å². The fourth-order valence-corrected chi connectivity index (χ4v) is 5.79. The minimum absolute atomic E-state index is 0.0237. The van der Waals surface area contributed by atoms with Gasteiger partial charge in [0.2, 0.25) is 5.91 Å². The van der Waals surface area contributed by atoms with E-state index in [0.29, 0.717) is 16.3 Å². The molecule has 1 amide bonds. The topological polar surface area (TPSA) is 142 Å². The number of ether oxygens (including phenoxy) is 1. The number of hydrogen-bond donors (Lipinski definition) is 4. The number of alkyl halides is 3. The third-order valence-electron chi connectivity index (χ3n) is 7.05. The Morgan fingerprint density at radius 2 is 1.71 bits per heavy atom. The summed E-state index contributed by atoms with van der Waals surface area (Å²) in [6.07, 6.45) is -4.84. The highest BCUT2D eigenvalue weighted by atomic mass is 35.5. The highest BCUT2D eigenvalue weighted by Gasteiger charge is 2.66. The highest BCUT2D eigenvalue weighted by Crippen LogP contribution is 2.57. The normalized spacial score (nSPS) is 23.1. The van der Waals surface area contributed by atoms with Gasteiger partial charge in [-0.15, -0.1) is 0 Å². The molecule has 0 aliphatic carbocycles. The van der Waals surface area contributed by atoms with Crippen LogP contribution < -0.4 is 10.6 Å². The van der Waals surface area contributed by atoms with Crippen molar-refractivity contribution < 1.29 is 51.7 Å². The summed E-state index contributed by atoms with van der Waals surface area (Å²) in [5.41, 5.74) is -1.17. The Labute approximate surface area is 247 Å². The number of hydrogen-bond acceptors (Lipinski definition) is 6. The smallest absolute Gasteiger partial charge is 0.480 e. The molecule has 2 aliphatic rings. The monoisotopic (exact) mass is 636 g/mol. The summed E-state index contributed by atoms with van der Waals surface area (Å²) >= 11 is 12.2. The molecule has 4 N–H and O–H groups in total. The van der Waals surface area contributed by atoms with Gasteiger partial charge in [0, 0.05) is 35.0 Å². The molecule has 2 heterocycles. The van der Waals surface area contributed by atoms with Crippen LogP contribution in [0.5, 0.6) is 0 Å². The van der Waals surface area contributed by atoms with Crippen LogP contribution >= 0.6 is 23.2 Å². The summed E-state index contributed by atoms with van der Waals surface area (Å²) < 4.78 is 52.4. The Morgan fingerprint density at radius 1 is 1.10 bits per heavy atom. The Hall–Kier alpha value is -3.42. The SMILES string of the molecule is CC(=O)OCC(C)(C)C[C@@H]1N[C@@H](C(=O)O)[C@H](c2cccc(Cl)c2F)[C@]12C(=O)Nc1cc(Cl)ccc12.O=C(O)C(F)(F)F. The molecule has 9 nitrogen and oxygen atoms in total. The first-order valence-corrected chi connectivity index (χ1v) is 13.1. The molecule has 0 unspecified atom stereocenters. The van der Waals surface area contributed by atoms with E-state index in [1.165, 1.54) is 25.1 Å². The maximum Gasteiger partial charge on any atom is 0.490 e. The summed E-state index contributed by atoms with van der Waals surface area (Å²) in [4.78, 5) is 46.7. The summed E-state index contributed by atoms with van der Waals surface area (Å²) in [5.74, 6) is -6.81. The summed E-state index contributed by atoms with van der Waals surface area (Å²) in [5, 5.41) is 23.5. The van der Waals surface area contributed by atoms with Crippen LogP contribution in [0.4, 0.5) is 23.2 Å². The first kappa shape index (κ1) is 33.1. The Kier molecular flexibility index (Phi) is 9.50. The minimum atomic E-state index is -5.08. The number of halogens is 6. The van der Waals surface area contributed by atoms with Crippen molar-refractivity contribution in [1.29, 1.82) is 0 Å². The average Bonchev–Trinajstić information content (AvgIpc) is 3.34. The van der Waals surface area contributed by atoms with Crippen LogP contribution in [0.1, 0.15) is 44.2 Å². The molecule has 228 valence electrons. The second-order valence-electron chi connectivity index (χ2n) is 10.6. The van der Waals surface area contributed by atoms with Gasteiger partial charge in [-0.1, -0.05) is 55.2 Å². The lowest BCUT2D eigenvalue weighted by Gasteiger charge is -2.38. The predicted octanol–water partition coefficient (Wildman–Crippen LogP) is 5.14. The molecule has 1 fully saturated rings. The van der Waals surface area contributed by atoms with E-state index in [2.05, 4.69) is 10.6 Å². The standard InChI is InChI=1S/C25H25Cl2FN2O5.C2HF3O2/c1-12(31)35-11-24(2,3)10-18-25(15-8-7-13(26)9-17(15)29-23(25)34)19(21(30-18)22(32)33)14-5-4-6-16(27)20(14)28;3-2(4,5)1(6)7/h4-9,18-19,21,30H,10-11H2,1-3H3,(H,29,34)(H,32,33);(H,6,7)/t18-,19-,21+,25+;/m0./s1. The summed E-state index contributed by atoms with van der Waals surface area (Å²) in [7, 11) is 0. The van der Waals surface area contributed by atoms with Crippen LogP contribution in [-0.2, 0) is 29.3 Å². The zero-order chi connectivity index (χ0) is 31.8. The average molecular weight is 637 g/mol. The maximum absolute atomic E-state index is 15.4. The lowest BCUT2D eigenvalue weighted by atomic mass is 9.62. The van der Waals surface area contributed by atoms with Gasteiger partial charge in [-0.05, 0) is 35.7 Å². The van der Waals surface area contributed by atoms with E-state index >= 15 is 4.39 Å². The fraction of sp³-hybridized carbons (Fsp3) is 0.407. The fourth-order valence-electron chi connectivity index (χ4n) is 5.44. The number of amides is 1. The minimum Gasteiger partial charge on any atom is -0.480 e. The molecule has 4 atom stereocenters. The number of carboxylic acids is 2. The van der Waals surface area contributed by atoms with Gasteiger partial charge in [-0.25, -0.2) is 9.18 Å². The van der Waals surface area contributed by atoms with Crippen LogP contribution in [0.25, 0.3) is 0 Å². The van der Waals surface area contributed by atoms with Crippen molar-refractivity contribution in [3.8, 4) is 0 Å². The van der Waals surface area contributed by atoms with Gasteiger partial charge >= 0.3 is 24.1 Å². The third kappa shape index (κ3) is 6.47. The first-order chi connectivity index (χ1) is 19.3. The van der Waals surface area contributed by atoms with E-state index in [4.69, 9.17) is 37.8 Å². The van der Waals surface area contributed by atoms with Crippen molar-refractivity contribution in [2.24, 2.45) is 5.41 Å². The van der Waals surface area contributed by atoms with Crippen molar-refractivity contribution in [3.05, 3.63) is 63.4 Å². The molecular formula is C27H26Cl2F4N2O7. The zero-order valence-electron chi connectivity index (χ0n) is 22.3. The van der Waals surface area contributed by atoms with Gasteiger partial charge in [0.25, 0.3) is 0 Å². The molecule has 0 radical (unpaired) electrons. The van der Waals surface area contributed by atoms with Crippen LogP contribution in [0.15, 0.2) is 36.4 Å². The number of aliphatic carboxylic acids is 2. The van der Waals surface area contributed by atoms with E-state index in [-0.39, 0.29) is 23.6 Å². The first-order valence-electron chi connectivity index (χ1n) is 12.3. The van der Waals surface area contributed by atoms with Crippen LogP contribution in [0.3, 0.4) is 0 Å². The summed E-state index contributed by atoms with van der Waals surface area (Å²) in [6.45, 7) is 5.06. The number of nitrogens with one attached hydrogen (secondary N) is 2. The number of anilines is 1. The van der Waals surface area contributed by atoms with E-state index in [0.717, 1.165) is 0 Å². The van der Waals surface area contributed by atoms with Crippen molar-refractivity contribution >= 4 is 52.7 Å². The Balaban J connectivity index is 0.000000616. The van der Waals surface area contributed by atoms with Gasteiger partial charge in [-0.3, -0.25) is 19.7 Å². The van der Waals surface area contributed by atoms with Gasteiger partial charge in [-0.2, -0.15) is 13.2 Å².